The van der Waals surface area contributed by atoms with Gasteiger partial charge in [0.2, 0.25) is 0 Å². The van der Waals surface area contributed by atoms with Crippen molar-refractivity contribution in [3.05, 3.63) is 93.8 Å². The molecule has 0 bridgehead atoms. The number of rotatable bonds is 5. The molecule has 0 spiro atoms. The van der Waals surface area contributed by atoms with Gasteiger partial charge in [-0.1, -0.05) is 24.3 Å². The monoisotopic (exact) mass is 402 g/mol. The number of ether oxygens (including phenoxy) is 1. The molecule has 4 rings (SSSR count). The smallest absolute Gasteiger partial charge is 0.335 e. The molecular weight excluding hydrogens is 384 g/mol. The molecule has 0 fully saturated rings. The van der Waals surface area contributed by atoms with Crippen LogP contribution < -0.4 is 10.2 Å². The predicted molar refractivity (Wildman–Crippen MR) is 112 cm³/mol. The summed E-state index contributed by atoms with van der Waals surface area (Å²) in [6.45, 7) is 1.93. The van der Waals surface area contributed by atoms with Gasteiger partial charge in [0.15, 0.2) is 5.43 Å². The van der Waals surface area contributed by atoms with Crippen LogP contribution in [-0.4, -0.2) is 16.2 Å². The van der Waals surface area contributed by atoms with Crippen molar-refractivity contribution in [2.45, 2.75) is 13.5 Å². The summed E-state index contributed by atoms with van der Waals surface area (Å²) in [4.78, 5) is 24.1. The summed E-state index contributed by atoms with van der Waals surface area (Å²) in [5.41, 5.74) is 2.90. The minimum atomic E-state index is -0.980. The first-order chi connectivity index (χ1) is 14.4. The molecule has 30 heavy (non-hydrogen) atoms. The van der Waals surface area contributed by atoms with Crippen LogP contribution >= 0.6 is 0 Å². The minimum Gasteiger partial charge on any atom is -0.508 e. The lowest BCUT2D eigenvalue weighted by Crippen LogP contribution is -2.06. The van der Waals surface area contributed by atoms with Crippen LogP contribution in [0, 0.1) is 6.92 Å². The first kappa shape index (κ1) is 19.3. The summed E-state index contributed by atoms with van der Waals surface area (Å²) in [5.74, 6) is -0.357. The number of phenols is 1. The first-order valence-electron chi connectivity index (χ1n) is 9.23. The zero-order valence-corrected chi connectivity index (χ0v) is 16.1. The van der Waals surface area contributed by atoms with E-state index in [9.17, 15) is 19.8 Å². The SMILES string of the molecule is Cc1c(COc2ccc3c(=O)c(-c4ccc(O)cc4)coc3c2)cccc1C(=O)O. The van der Waals surface area contributed by atoms with Gasteiger partial charge in [-0.15, -0.1) is 0 Å². The van der Waals surface area contributed by atoms with Gasteiger partial charge in [-0.05, 0) is 53.9 Å². The van der Waals surface area contributed by atoms with E-state index in [1.54, 1.807) is 49.4 Å². The first-order valence-corrected chi connectivity index (χ1v) is 9.23. The van der Waals surface area contributed by atoms with Crippen LogP contribution in [0.1, 0.15) is 21.5 Å². The second-order valence-electron chi connectivity index (χ2n) is 6.87. The van der Waals surface area contributed by atoms with E-state index in [4.69, 9.17) is 9.15 Å². The van der Waals surface area contributed by atoms with Crippen molar-refractivity contribution >= 4 is 16.9 Å². The number of carbonyl (C=O) groups is 1. The summed E-state index contributed by atoms with van der Waals surface area (Å²) >= 11 is 0. The van der Waals surface area contributed by atoms with E-state index in [1.165, 1.54) is 18.4 Å². The van der Waals surface area contributed by atoms with E-state index in [1.807, 2.05) is 6.07 Å². The van der Waals surface area contributed by atoms with Crippen LogP contribution in [0.2, 0.25) is 0 Å². The minimum absolute atomic E-state index is 0.120. The second kappa shape index (κ2) is 7.75. The van der Waals surface area contributed by atoms with Crippen molar-refractivity contribution in [3.8, 4) is 22.6 Å². The molecule has 0 saturated carbocycles. The Kier molecular flexibility index (Phi) is 4.98. The largest absolute Gasteiger partial charge is 0.508 e. The van der Waals surface area contributed by atoms with Crippen LogP contribution in [0.15, 0.2) is 76.1 Å². The maximum atomic E-state index is 12.8. The highest BCUT2D eigenvalue weighted by molar-refractivity contribution is 5.89. The second-order valence-corrected chi connectivity index (χ2v) is 6.87. The van der Waals surface area contributed by atoms with Crippen LogP contribution in [0.5, 0.6) is 11.5 Å². The number of aromatic carboxylic acids is 1. The maximum Gasteiger partial charge on any atom is 0.335 e. The van der Waals surface area contributed by atoms with Crippen molar-refractivity contribution in [1.82, 2.24) is 0 Å². The third kappa shape index (κ3) is 3.63. The normalized spacial score (nSPS) is 10.8. The highest BCUT2D eigenvalue weighted by Crippen LogP contribution is 2.25. The number of hydrogen-bond acceptors (Lipinski definition) is 5. The van der Waals surface area contributed by atoms with Gasteiger partial charge in [-0.25, -0.2) is 4.79 Å². The lowest BCUT2D eigenvalue weighted by Gasteiger charge is -2.11. The van der Waals surface area contributed by atoms with Crippen LogP contribution in [0.4, 0.5) is 0 Å². The molecule has 0 aliphatic carbocycles. The van der Waals surface area contributed by atoms with Crippen LogP contribution in [0.25, 0.3) is 22.1 Å². The Hall–Kier alpha value is -4.06. The summed E-state index contributed by atoms with van der Waals surface area (Å²) in [7, 11) is 0. The topological polar surface area (TPSA) is 97.0 Å². The van der Waals surface area contributed by atoms with Gasteiger partial charge in [0.25, 0.3) is 0 Å². The molecule has 0 saturated heterocycles. The Bertz CT molecular complexity index is 1300. The van der Waals surface area contributed by atoms with Gasteiger partial charge in [-0.3, -0.25) is 4.79 Å². The number of aromatic hydroxyl groups is 1. The zero-order chi connectivity index (χ0) is 21.3. The van der Waals surface area contributed by atoms with E-state index in [0.717, 1.165) is 5.56 Å². The fourth-order valence-electron chi connectivity index (χ4n) is 3.27. The number of carboxylic acids is 1. The van der Waals surface area contributed by atoms with Gasteiger partial charge < -0.3 is 19.4 Å². The number of phenolic OH excluding ortho intramolecular Hbond substituents is 1. The Labute approximate surface area is 171 Å². The number of benzene rings is 3. The fourth-order valence-corrected chi connectivity index (χ4v) is 3.27. The highest BCUT2D eigenvalue weighted by atomic mass is 16.5. The van der Waals surface area contributed by atoms with Crippen molar-refractivity contribution in [2.24, 2.45) is 0 Å². The van der Waals surface area contributed by atoms with E-state index in [-0.39, 0.29) is 23.3 Å². The van der Waals surface area contributed by atoms with Crippen molar-refractivity contribution < 1.29 is 24.2 Å². The number of hydrogen-bond donors (Lipinski definition) is 2. The van der Waals surface area contributed by atoms with Gasteiger partial charge >= 0.3 is 5.97 Å². The summed E-state index contributed by atoms with van der Waals surface area (Å²) in [6.07, 6.45) is 1.39. The van der Waals surface area contributed by atoms with Gasteiger partial charge in [-0.2, -0.15) is 0 Å². The van der Waals surface area contributed by atoms with E-state index >= 15 is 0 Å². The molecule has 0 unspecified atom stereocenters. The molecule has 1 aromatic heterocycles. The third-order valence-corrected chi connectivity index (χ3v) is 5.00. The van der Waals surface area contributed by atoms with Crippen LogP contribution in [0.3, 0.4) is 0 Å². The Morgan fingerprint density at radius 3 is 2.57 bits per heavy atom. The Morgan fingerprint density at radius 2 is 1.83 bits per heavy atom. The van der Waals surface area contributed by atoms with Gasteiger partial charge in [0.1, 0.15) is 30.0 Å². The average molecular weight is 402 g/mol. The lowest BCUT2D eigenvalue weighted by atomic mass is 10.0. The molecule has 3 aromatic carbocycles. The standard InChI is InChI=1S/C24H18O6/c1-14-16(3-2-4-19(14)24(27)28)12-29-18-9-10-20-22(11-18)30-13-21(23(20)26)15-5-7-17(25)8-6-15/h2-11,13,25H,12H2,1H3,(H,27,28). The highest BCUT2D eigenvalue weighted by Gasteiger charge is 2.12. The Balaban J connectivity index is 1.61. The third-order valence-electron chi connectivity index (χ3n) is 5.00. The van der Waals surface area contributed by atoms with Crippen molar-refractivity contribution in [3.63, 3.8) is 0 Å². The molecule has 0 atom stereocenters. The summed E-state index contributed by atoms with van der Waals surface area (Å²) < 4.78 is 11.5. The molecule has 6 heteroatoms. The molecule has 0 radical (unpaired) electrons. The van der Waals surface area contributed by atoms with E-state index in [2.05, 4.69) is 0 Å². The molecule has 2 N–H and O–H groups in total. The molecular formula is C24H18O6. The molecule has 0 aliphatic heterocycles. The number of fused-ring (bicyclic) bond motifs is 1. The summed E-state index contributed by atoms with van der Waals surface area (Å²) in [6, 6.07) is 16.3. The predicted octanol–water partition coefficient (Wildman–Crippen LogP) is 4.75. The fraction of sp³-hybridized carbons (Fsp3) is 0.0833. The van der Waals surface area contributed by atoms with Gasteiger partial charge in [0, 0.05) is 6.07 Å². The molecule has 1 heterocycles. The van der Waals surface area contributed by atoms with Crippen molar-refractivity contribution in [2.75, 3.05) is 0 Å². The number of carboxylic acid groups (broad SMARTS) is 1. The Morgan fingerprint density at radius 1 is 1.07 bits per heavy atom. The van der Waals surface area contributed by atoms with Gasteiger partial charge in [0.05, 0.1) is 16.5 Å². The maximum absolute atomic E-state index is 12.8. The van der Waals surface area contributed by atoms with E-state index in [0.29, 0.717) is 33.4 Å². The zero-order valence-electron chi connectivity index (χ0n) is 16.1. The molecule has 4 aromatic rings. The lowest BCUT2D eigenvalue weighted by molar-refractivity contribution is 0.0696. The molecule has 150 valence electrons. The summed E-state index contributed by atoms with van der Waals surface area (Å²) in [5, 5.41) is 19.1. The van der Waals surface area contributed by atoms with Crippen LogP contribution in [-0.2, 0) is 6.61 Å². The molecule has 0 aliphatic rings. The van der Waals surface area contributed by atoms with Crippen molar-refractivity contribution in [1.29, 1.82) is 0 Å². The van der Waals surface area contributed by atoms with E-state index < -0.39 is 5.97 Å². The molecule has 6 nitrogen and oxygen atoms in total. The average Bonchev–Trinajstić information content (AvgIpc) is 2.74. The quantitative estimate of drug-likeness (QED) is 0.500. The molecule has 0 amide bonds.